The van der Waals surface area contributed by atoms with Crippen molar-refractivity contribution in [3.8, 4) is 34.1 Å². The molecule has 0 fully saturated rings. The van der Waals surface area contributed by atoms with Gasteiger partial charge in [-0.25, -0.2) is 0 Å². The number of phenols is 1. The van der Waals surface area contributed by atoms with Crippen LogP contribution in [-0.2, 0) is 18.5 Å². The van der Waals surface area contributed by atoms with Gasteiger partial charge in [0.1, 0.15) is 0 Å². The van der Waals surface area contributed by atoms with Gasteiger partial charge in [-0.2, -0.15) is 0 Å². The average Bonchev–Trinajstić information content (AvgIpc) is 2.61. The maximum atomic E-state index is 10.9. The molecule has 25 heavy (non-hydrogen) atoms. The summed E-state index contributed by atoms with van der Waals surface area (Å²) in [5, 5.41) is 14.3. The Morgan fingerprint density at radius 2 is 1.64 bits per heavy atom. The second kappa shape index (κ2) is 5.54. The minimum absolute atomic E-state index is 0.105. The summed E-state index contributed by atoms with van der Waals surface area (Å²) < 4.78 is 16.3. The second-order valence-electron chi connectivity index (χ2n) is 6.53. The van der Waals surface area contributed by atoms with E-state index in [0.717, 1.165) is 35.2 Å². The monoisotopic (exact) mass is 342 g/mol. The first kappa shape index (κ1) is 16.1. The van der Waals surface area contributed by atoms with Gasteiger partial charge >= 0.3 is 0 Å². The first-order valence-electron chi connectivity index (χ1n) is 8.25. The third-order valence-corrected chi connectivity index (χ3v) is 5.20. The topological polar surface area (TPSA) is 86.0 Å². The molecule has 2 aromatic rings. The van der Waals surface area contributed by atoms with Gasteiger partial charge in [0.2, 0.25) is 0 Å². The molecule has 1 aliphatic carbocycles. The first-order valence-corrected chi connectivity index (χ1v) is 8.25. The van der Waals surface area contributed by atoms with Crippen molar-refractivity contribution in [2.24, 2.45) is 5.73 Å². The summed E-state index contributed by atoms with van der Waals surface area (Å²) >= 11 is 0. The number of hydrogen-bond donors (Lipinski definition) is 3. The van der Waals surface area contributed by atoms with Crippen molar-refractivity contribution in [1.82, 2.24) is 5.32 Å². The van der Waals surface area contributed by atoms with E-state index in [-0.39, 0.29) is 5.75 Å². The summed E-state index contributed by atoms with van der Waals surface area (Å²) in [5.41, 5.74) is 10.7. The fourth-order valence-corrected chi connectivity index (χ4v) is 4.09. The number of nitrogens with two attached hydrogens (primary N) is 1. The van der Waals surface area contributed by atoms with Crippen molar-refractivity contribution < 1.29 is 19.3 Å². The van der Waals surface area contributed by atoms with Crippen molar-refractivity contribution in [1.29, 1.82) is 0 Å². The molecule has 1 heterocycles. The quantitative estimate of drug-likeness (QED) is 0.790. The molecule has 0 unspecified atom stereocenters. The molecule has 0 amide bonds. The van der Waals surface area contributed by atoms with E-state index in [0.29, 0.717) is 29.2 Å². The van der Waals surface area contributed by atoms with E-state index >= 15 is 0 Å². The summed E-state index contributed by atoms with van der Waals surface area (Å²) in [6.07, 6.45) is 1.44. The lowest BCUT2D eigenvalue weighted by molar-refractivity contribution is 0.312. The predicted octanol–water partition coefficient (Wildman–Crippen LogP) is 1.90. The maximum absolute atomic E-state index is 10.9. The fourth-order valence-electron chi connectivity index (χ4n) is 4.09. The van der Waals surface area contributed by atoms with Gasteiger partial charge in [0.15, 0.2) is 23.0 Å². The van der Waals surface area contributed by atoms with E-state index < -0.39 is 5.66 Å². The van der Waals surface area contributed by atoms with Crippen LogP contribution in [0.25, 0.3) is 11.1 Å². The van der Waals surface area contributed by atoms with Gasteiger partial charge in [-0.3, -0.25) is 5.32 Å². The maximum Gasteiger partial charge on any atom is 0.166 e. The van der Waals surface area contributed by atoms with Crippen LogP contribution in [0.4, 0.5) is 0 Å². The summed E-state index contributed by atoms with van der Waals surface area (Å²) in [7, 11) is 4.77. The Hall–Kier alpha value is -2.44. The lowest BCUT2D eigenvalue weighted by atomic mass is 9.73. The van der Waals surface area contributed by atoms with Gasteiger partial charge < -0.3 is 25.1 Å². The zero-order valence-electron chi connectivity index (χ0n) is 14.6. The van der Waals surface area contributed by atoms with Crippen LogP contribution in [0.15, 0.2) is 18.2 Å². The van der Waals surface area contributed by atoms with Crippen molar-refractivity contribution in [2.75, 3.05) is 27.9 Å². The van der Waals surface area contributed by atoms with Gasteiger partial charge in [-0.1, -0.05) is 0 Å². The number of hydrogen-bond acceptors (Lipinski definition) is 6. The summed E-state index contributed by atoms with van der Waals surface area (Å²) in [5.74, 6) is 1.82. The number of aromatic hydroxyl groups is 1. The molecule has 2 aromatic carbocycles. The van der Waals surface area contributed by atoms with E-state index in [2.05, 4.69) is 5.32 Å². The number of benzene rings is 2. The Morgan fingerprint density at radius 3 is 2.32 bits per heavy atom. The van der Waals surface area contributed by atoms with Crippen LogP contribution in [0.5, 0.6) is 23.0 Å². The molecule has 4 rings (SSSR count). The highest BCUT2D eigenvalue weighted by molar-refractivity contribution is 5.85. The van der Waals surface area contributed by atoms with Crippen LogP contribution in [0.1, 0.15) is 16.7 Å². The van der Waals surface area contributed by atoms with Gasteiger partial charge in [0, 0.05) is 24.1 Å². The highest BCUT2D eigenvalue weighted by Crippen LogP contribution is 2.52. The van der Waals surface area contributed by atoms with Gasteiger partial charge in [0.05, 0.1) is 27.0 Å². The van der Waals surface area contributed by atoms with E-state index in [1.807, 2.05) is 18.2 Å². The van der Waals surface area contributed by atoms with E-state index in [4.69, 9.17) is 19.9 Å². The molecular formula is C19H22N2O4. The molecule has 132 valence electrons. The lowest BCUT2D eigenvalue weighted by Gasteiger charge is -2.43. The second-order valence-corrected chi connectivity index (χ2v) is 6.53. The molecule has 0 bridgehead atoms. The van der Waals surface area contributed by atoms with Crippen LogP contribution in [0, 0.1) is 0 Å². The smallest absolute Gasteiger partial charge is 0.166 e. The van der Waals surface area contributed by atoms with Crippen LogP contribution in [0.2, 0.25) is 0 Å². The van der Waals surface area contributed by atoms with E-state index in [9.17, 15) is 5.11 Å². The Kier molecular flexibility index (Phi) is 3.56. The number of nitrogens with one attached hydrogen (secondary N) is 1. The number of fused-ring (bicyclic) bond motifs is 2. The number of phenolic OH excluding ortho intramolecular Hbond substituents is 1. The predicted molar refractivity (Wildman–Crippen MR) is 94.5 cm³/mol. The molecule has 0 aromatic heterocycles. The van der Waals surface area contributed by atoms with Crippen LogP contribution in [-0.4, -0.2) is 33.0 Å². The van der Waals surface area contributed by atoms with Crippen molar-refractivity contribution in [3.05, 3.63) is 34.9 Å². The van der Waals surface area contributed by atoms with Gasteiger partial charge in [-0.15, -0.1) is 0 Å². The molecule has 6 nitrogen and oxygen atoms in total. The van der Waals surface area contributed by atoms with E-state index in [1.165, 1.54) is 0 Å². The highest BCUT2D eigenvalue weighted by atomic mass is 16.5. The largest absolute Gasteiger partial charge is 0.504 e. The average molecular weight is 342 g/mol. The standard InChI is InChI=1S/C19H22N2O4/c1-23-13-7-11-9-19(20)17-10(4-5-21-19)6-15(25-3)18(22)16(17)12(11)8-14(13)24-2/h6-8,21-22H,4-5,9,20H2,1-3H3/t19-/m0/s1. The molecule has 0 radical (unpaired) electrons. The van der Waals surface area contributed by atoms with Crippen LogP contribution < -0.4 is 25.3 Å². The fraction of sp³-hybridized carbons (Fsp3) is 0.368. The molecule has 6 heteroatoms. The lowest BCUT2D eigenvalue weighted by Crippen LogP contribution is -2.57. The third-order valence-electron chi connectivity index (χ3n) is 5.20. The Balaban J connectivity index is 2.08. The number of methoxy groups -OCH3 is 3. The Labute approximate surface area is 146 Å². The van der Waals surface area contributed by atoms with Crippen molar-refractivity contribution >= 4 is 0 Å². The number of ether oxygens (including phenoxy) is 3. The molecule has 1 aliphatic heterocycles. The normalized spacial score (nSPS) is 20.5. The molecule has 0 saturated heterocycles. The number of rotatable bonds is 3. The van der Waals surface area contributed by atoms with Crippen LogP contribution in [0.3, 0.4) is 0 Å². The summed E-state index contributed by atoms with van der Waals surface area (Å²) in [6.45, 7) is 0.777. The molecule has 1 atom stereocenters. The molecule has 4 N–H and O–H groups in total. The Bertz CT molecular complexity index is 865. The Morgan fingerprint density at radius 1 is 1.00 bits per heavy atom. The third kappa shape index (κ3) is 2.18. The molecular weight excluding hydrogens is 320 g/mol. The molecule has 0 spiro atoms. The van der Waals surface area contributed by atoms with Crippen LogP contribution >= 0.6 is 0 Å². The summed E-state index contributed by atoms with van der Waals surface area (Å²) in [6, 6.07) is 5.72. The zero-order valence-corrected chi connectivity index (χ0v) is 14.6. The van der Waals surface area contributed by atoms with Gasteiger partial charge in [-0.05, 0) is 41.3 Å². The first-order chi connectivity index (χ1) is 12.0. The summed E-state index contributed by atoms with van der Waals surface area (Å²) in [4.78, 5) is 0. The highest BCUT2D eigenvalue weighted by Gasteiger charge is 2.42. The van der Waals surface area contributed by atoms with E-state index in [1.54, 1.807) is 21.3 Å². The minimum atomic E-state index is -0.723. The SMILES string of the molecule is COc1cc2c(cc1OC)-c1c(O)c(OC)cc3c1[C@](N)(C2)NCC3. The molecule has 2 aliphatic rings. The van der Waals surface area contributed by atoms with Gasteiger partial charge in [0.25, 0.3) is 0 Å². The molecule has 0 saturated carbocycles. The minimum Gasteiger partial charge on any atom is -0.504 e. The van der Waals surface area contributed by atoms with Crippen molar-refractivity contribution in [2.45, 2.75) is 18.5 Å². The zero-order chi connectivity index (χ0) is 17.8. The van der Waals surface area contributed by atoms with Crippen molar-refractivity contribution in [3.63, 3.8) is 0 Å².